The summed E-state index contributed by atoms with van der Waals surface area (Å²) in [5.41, 5.74) is 1.83. The third kappa shape index (κ3) is 3.60. The van der Waals surface area contributed by atoms with Gasteiger partial charge in [-0.3, -0.25) is 4.98 Å². The molecular formula is C12H19N3O2S. The Kier molecular flexibility index (Phi) is 4.06. The monoisotopic (exact) mass is 269 g/mol. The molecule has 2 rings (SSSR count). The van der Waals surface area contributed by atoms with E-state index in [-0.39, 0.29) is 17.5 Å². The molecule has 0 amide bonds. The van der Waals surface area contributed by atoms with Crippen LogP contribution < -0.4 is 10.6 Å². The maximum Gasteiger partial charge on any atom is 0.152 e. The summed E-state index contributed by atoms with van der Waals surface area (Å²) in [6.45, 7) is 3.01. The molecule has 1 fully saturated rings. The Balaban J connectivity index is 1.97. The van der Waals surface area contributed by atoms with Gasteiger partial charge in [0.1, 0.15) is 0 Å². The lowest BCUT2D eigenvalue weighted by atomic mass is 10.2. The standard InChI is InChI=1S/C12H19N3O2S/c1-2-4-14-11-6-12(8-13-7-11)15-10-3-5-18(16,17)9-10/h6-8,10,14-15H,2-5,9H2,1H3. The van der Waals surface area contributed by atoms with Crippen LogP contribution in [-0.4, -0.2) is 37.5 Å². The molecule has 1 aliphatic rings. The second kappa shape index (κ2) is 5.56. The number of aromatic nitrogens is 1. The first kappa shape index (κ1) is 13.1. The van der Waals surface area contributed by atoms with Gasteiger partial charge in [0.25, 0.3) is 0 Å². The van der Waals surface area contributed by atoms with Gasteiger partial charge in [0, 0.05) is 12.6 Å². The lowest BCUT2D eigenvalue weighted by Crippen LogP contribution is -2.20. The molecule has 0 spiro atoms. The largest absolute Gasteiger partial charge is 0.384 e. The van der Waals surface area contributed by atoms with Gasteiger partial charge in [-0.1, -0.05) is 6.92 Å². The zero-order valence-electron chi connectivity index (χ0n) is 10.5. The van der Waals surface area contributed by atoms with Gasteiger partial charge in [-0.2, -0.15) is 0 Å². The highest BCUT2D eigenvalue weighted by Gasteiger charge is 2.27. The Bertz CT molecular complexity index is 502. The van der Waals surface area contributed by atoms with Crippen LogP contribution in [0.15, 0.2) is 18.5 Å². The van der Waals surface area contributed by atoms with Crippen molar-refractivity contribution in [3.05, 3.63) is 18.5 Å². The van der Waals surface area contributed by atoms with E-state index in [1.165, 1.54) is 0 Å². The minimum absolute atomic E-state index is 0.0122. The van der Waals surface area contributed by atoms with Gasteiger partial charge < -0.3 is 10.6 Å². The van der Waals surface area contributed by atoms with Gasteiger partial charge in [0.2, 0.25) is 0 Å². The Morgan fingerprint density at radius 3 is 2.83 bits per heavy atom. The third-order valence-corrected chi connectivity index (χ3v) is 4.69. The van der Waals surface area contributed by atoms with Gasteiger partial charge in [-0.15, -0.1) is 0 Å². The summed E-state index contributed by atoms with van der Waals surface area (Å²) < 4.78 is 22.7. The third-order valence-electron chi connectivity index (χ3n) is 2.92. The van der Waals surface area contributed by atoms with E-state index in [1.807, 2.05) is 6.07 Å². The topological polar surface area (TPSA) is 71.1 Å². The number of nitrogens with one attached hydrogen (secondary N) is 2. The van der Waals surface area contributed by atoms with E-state index in [0.717, 1.165) is 24.3 Å². The molecule has 1 atom stereocenters. The van der Waals surface area contributed by atoms with Crippen molar-refractivity contribution in [1.29, 1.82) is 0 Å². The molecule has 0 aliphatic carbocycles. The zero-order chi connectivity index (χ0) is 13.0. The molecule has 1 aromatic rings. The Morgan fingerprint density at radius 1 is 1.39 bits per heavy atom. The van der Waals surface area contributed by atoms with E-state index in [4.69, 9.17) is 0 Å². The first-order valence-electron chi connectivity index (χ1n) is 6.25. The molecular weight excluding hydrogens is 250 g/mol. The van der Waals surface area contributed by atoms with E-state index in [0.29, 0.717) is 6.42 Å². The van der Waals surface area contributed by atoms with Crippen molar-refractivity contribution in [2.24, 2.45) is 0 Å². The van der Waals surface area contributed by atoms with Crippen molar-refractivity contribution >= 4 is 21.2 Å². The normalized spacial score (nSPS) is 21.7. The number of nitrogens with zero attached hydrogens (tertiary/aromatic N) is 1. The highest BCUT2D eigenvalue weighted by molar-refractivity contribution is 7.91. The van der Waals surface area contributed by atoms with Crippen molar-refractivity contribution in [3.8, 4) is 0 Å². The predicted molar refractivity (Wildman–Crippen MR) is 73.7 cm³/mol. The number of anilines is 2. The van der Waals surface area contributed by atoms with Crippen molar-refractivity contribution in [3.63, 3.8) is 0 Å². The fourth-order valence-corrected chi connectivity index (χ4v) is 3.70. The molecule has 0 radical (unpaired) electrons. The predicted octanol–water partition coefficient (Wildman–Crippen LogP) is 1.50. The molecule has 0 bridgehead atoms. The Morgan fingerprint density at radius 2 is 2.17 bits per heavy atom. The molecule has 18 heavy (non-hydrogen) atoms. The van der Waals surface area contributed by atoms with Crippen LogP contribution in [0, 0.1) is 0 Å². The smallest absolute Gasteiger partial charge is 0.152 e. The number of sulfone groups is 1. The van der Waals surface area contributed by atoms with Gasteiger partial charge in [-0.25, -0.2) is 8.42 Å². The lowest BCUT2D eigenvalue weighted by Gasteiger charge is -2.13. The number of pyridine rings is 1. The van der Waals surface area contributed by atoms with Crippen LogP contribution in [0.3, 0.4) is 0 Å². The summed E-state index contributed by atoms with van der Waals surface area (Å²) in [5.74, 6) is 0.505. The highest BCUT2D eigenvalue weighted by Crippen LogP contribution is 2.19. The molecule has 2 N–H and O–H groups in total. The number of hydrogen-bond donors (Lipinski definition) is 2. The quantitative estimate of drug-likeness (QED) is 0.847. The lowest BCUT2D eigenvalue weighted by molar-refractivity contribution is 0.602. The van der Waals surface area contributed by atoms with Crippen LogP contribution >= 0.6 is 0 Å². The molecule has 0 aromatic carbocycles. The van der Waals surface area contributed by atoms with Gasteiger partial charge in [0.05, 0.1) is 35.3 Å². The van der Waals surface area contributed by atoms with Crippen LogP contribution in [0.5, 0.6) is 0 Å². The first-order valence-corrected chi connectivity index (χ1v) is 8.07. The van der Waals surface area contributed by atoms with Crippen LogP contribution in [0.1, 0.15) is 19.8 Å². The average molecular weight is 269 g/mol. The average Bonchev–Trinajstić information content (AvgIpc) is 2.66. The van der Waals surface area contributed by atoms with Crippen LogP contribution in [0.2, 0.25) is 0 Å². The van der Waals surface area contributed by atoms with Crippen LogP contribution in [0.25, 0.3) is 0 Å². The molecule has 1 aromatic heterocycles. The molecule has 1 saturated heterocycles. The number of hydrogen-bond acceptors (Lipinski definition) is 5. The van der Waals surface area contributed by atoms with E-state index in [2.05, 4.69) is 22.5 Å². The Labute approximate surface area is 108 Å². The molecule has 2 heterocycles. The molecule has 6 heteroatoms. The number of rotatable bonds is 5. The van der Waals surface area contributed by atoms with E-state index < -0.39 is 9.84 Å². The van der Waals surface area contributed by atoms with Crippen LogP contribution in [0.4, 0.5) is 11.4 Å². The molecule has 100 valence electrons. The second-order valence-corrected chi connectivity index (χ2v) is 6.86. The van der Waals surface area contributed by atoms with E-state index in [1.54, 1.807) is 12.4 Å². The maximum atomic E-state index is 11.4. The maximum absolute atomic E-state index is 11.4. The van der Waals surface area contributed by atoms with Crippen molar-refractivity contribution in [2.75, 3.05) is 28.7 Å². The summed E-state index contributed by atoms with van der Waals surface area (Å²) in [6, 6.07) is 1.98. The van der Waals surface area contributed by atoms with Gasteiger partial charge in [0.15, 0.2) is 9.84 Å². The van der Waals surface area contributed by atoms with E-state index >= 15 is 0 Å². The summed E-state index contributed by atoms with van der Waals surface area (Å²) >= 11 is 0. The summed E-state index contributed by atoms with van der Waals surface area (Å²) in [4.78, 5) is 4.14. The fraction of sp³-hybridized carbons (Fsp3) is 0.583. The molecule has 1 unspecified atom stereocenters. The minimum Gasteiger partial charge on any atom is -0.384 e. The van der Waals surface area contributed by atoms with Gasteiger partial charge in [-0.05, 0) is 18.9 Å². The summed E-state index contributed by atoms with van der Waals surface area (Å²) in [6.07, 6.45) is 5.22. The molecule has 1 aliphatic heterocycles. The Hall–Kier alpha value is -1.30. The highest BCUT2D eigenvalue weighted by atomic mass is 32.2. The summed E-state index contributed by atoms with van der Waals surface area (Å²) in [7, 11) is -2.84. The summed E-state index contributed by atoms with van der Waals surface area (Å²) in [5, 5.41) is 6.49. The van der Waals surface area contributed by atoms with Crippen LogP contribution in [-0.2, 0) is 9.84 Å². The molecule has 5 nitrogen and oxygen atoms in total. The van der Waals surface area contributed by atoms with Gasteiger partial charge >= 0.3 is 0 Å². The molecule has 0 saturated carbocycles. The van der Waals surface area contributed by atoms with E-state index in [9.17, 15) is 8.42 Å². The van der Waals surface area contributed by atoms with Crippen molar-refractivity contribution < 1.29 is 8.42 Å². The van der Waals surface area contributed by atoms with Crippen molar-refractivity contribution in [2.45, 2.75) is 25.8 Å². The fourth-order valence-electron chi connectivity index (χ4n) is 2.03. The zero-order valence-corrected chi connectivity index (χ0v) is 11.3. The second-order valence-electron chi connectivity index (χ2n) is 4.63. The minimum atomic E-state index is -2.84. The van der Waals surface area contributed by atoms with Crippen molar-refractivity contribution in [1.82, 2.24) is 4.98 Å². The SMILES string of the molecule is CCCNc1cncc(NC2CCS(=O)(=O)C2)c1. The first-order chi connectivity index (χ1) is 8.59.